The molecule has 2 aromatic rings. The lowest BCUT2D eigenvalue weighted by Crippen LogP contribution is -2.43. The number of cyclic esters (lactones) is 1. The Kier molecular flexibility index (Phi) is 4.26. The maximum absolute atomic E-state index is 12.7. The second-order valence-electron chi connectivity index (χ2n) is 6.79. The van der Waals surface area contributed by atoms with Crippen LogP contribution in [0.15, 0.2) is 48.5 Å². The standard InChI is InChI=1S/C21H21NO3/c23-19-13-18(17-12-6-8-14-7-4-5-11-16(14)17)20(25-19)21(24)22-15-9-2-1-3-10-15/h4-8,11-13,15,20H,1-3,9-10H2,(H,22,24). The zero-order valence-electron chi connectivity index (χ0n) is 14.0. The number of ether oxygens (including phenoxy) is 1. The monoisotopic (exact) mass is 335 g/mol. The molecule has 128 valence electrons. The fourth-order valence-corrected chi connectivity index (χ4v) is 3.83. The van der Waals surface area contributed by atoms with Crippen molar-refractivity contribution in [2.24, 2.45) is 0 Å². The predicted octanol–water partition coefficient (Wildman–Crippen LogP) is 3.60. The molecule has 1 heterocycles. The van der Waals surface area contributed by atoms with Gasteiger partial charge in [-0.15, -0.1) is 0 Å². The summed E-state index contributed by atoms with van der Waals surface area (Å²) in [5, 5.41) is 5.17. The molecule has 0 radical (unpaired) electrons. The molecule has 1 atom stereocenters. The summed E-state index contributed by atoms with van der Waals surface area (Å²) in [5.41, 5.74) is 1.53. The van der Waals surface area contributed by atoms with Crippen LogP contribution in [0.2, 0.25) is 0 Å². The lowest BCUT2D eigenvalue weighted by atomic mass is 9.93. The summed E-state index contributed by atoms with van der Waals surface area (Å²) < 4.78 is 5.34. The maximum atomic E-state index is 12.7. The summed E-state index contributed by atoms with van der Waals surface area (Å²) in [6, 6.07) is 14.1. The number of hydrogen-bond acceptors (Lipinski definition) is 3. The van der Waals surface area contributed by atoms with Crippen LogP contribution in [0.4, 0.5) is 0 Å². The minimum Gasteiger partial charge on any atom is -0.444 e. The van der Waals surface area contributed by atoms with Gasteiger partial charge in [0.25, 0.3) is 5.91 Å². The molecular weight excluding hydrogens is 314 g/mol. The van der Waals surface area contributed by atoms with Crippen molar-refractivity contribution < 1.29 is 14.3 Å². The number of fused-ring (bicyclic) bond motifs is 1. The number of hydrogen-bond donors (Lipinski definition) is 1. The number of esters is 1. The zero-order valence-corrected chi connectivity index (χ0v) is 14.0. The van der Waals surface area contributed by atoms with Crippen LogP contribution in [0.5, 0.6) is 0 Å². The van der Waals surface area contributed by atoms with Crippen LogP contribution >= 0.6 is 0 Å². The average Bonchev–Trinajstić information content (AvgIpc) is 3.04. The van der Waals surface area contributed by atoms with Crippen molar-refractivity contribution in [3.63, 3.8) is 0 Å². The first-order valence-electron chi connectivity index (χ1n) is 8.93. The highest BCUT2D eigenvalue weighted by Crippen LogP contribution is 2.32. The van der Waals surface area contributed by atoms with Crippen LogP contribution < -0.4 is 5.32 Å². The van der Waals surface area contributed by atoms with Gasteiger partial charge in [0.15, 0.2) is 0 Å². The molecule has 1 fully saturated rings. The number of amides is 1. The van der Waals surface area contributed by atoms with E-state index in [4.69, 9.17) is 4.74 Å². The summed E-state index contributed by atoms with van der Waals surface area (Å²) >= 11 is 0. The molecule has 1 N–H and O–H groups in total. The highest BCUT2D eigenvalue weighted by Gasteiger charge is 2.35. The quantitative estimate of drug-likeness (QED) is 0.872. The summed E-state index contributed by atoms with van der Waals surface area (Å²) in [6.45, 7) is 0. The van der Waals surface area contributed by atoms with E-state index in [1.165, 1.54) is 12.5 Å². The van der Waals surface area contributed by atoms with Crippen molar-refractivity contribution in [3.8, 4) is 0 Å². The maximum Gasteiger partial charge on any atom is 0.332 e. The average molecular weight is 335 g/mol. The summed E-state index contributed by atoms with van der Waals surface area (Å²) in [7, 11) is 0. The molecule has 1 aliphatic heterocycles. The first-order chi connectivity index (χ1) is 12.2. The van der Waals surface area contributed by atoms with Gasteiger partial charge in [-0.3, -0.25) is 4.79 Å². The Morgan fingerprint density at radius 2 is 1.76 bits per heavy atom. The molecule has 0 spiro atoms. The Morgan fingerprint density at radius 1 is 1.00 bits per heavy atom. The van der Waals surface area contributed by atoms with Crippen LogP contribution in [0.3, 0.4) is 0 Å². The van der Waals surface area contributed by atoms with E-state index in [-0.39, 0.29) is 11.9 Å². The smallest absolute Gasteiger partial charge is 0.332 e. The second kappa shape index (κ2) is 6.71. The third-order valence-electron chi connectivity index (χ3n) is 5.08. The van der Waals surface area contributed by atoms with Gasteiger partial charge in [-0.05, 0) is 29.2 Å². The minimum atomic E-state index is -0.861. The molecule has 1 saturated carbocycles. The van der Waals surface area contributed by atoms with Crippen LogP contribution in [0.25, 0.3) is 16.3 Å². The molecule has 4 nitrogen and oxygen atoms in total. The summed E-state index contributed by atoms with van der Waals surface area (Å²) in [5.74, 6) is -0.663. The third kappa shape index (κ3) is 3.16. The van der Waals surface area contributed by atoms with Crippen molar-refractivity contribution in [2.75, 3.05) is 0 Å². The number of benzene rings is 2. The highest BCUT2D eigenvalue weighted by atomic mass is 16.6. The fourth-order valence-electron chi connectivity index (χ4n) is 3.83. The van der Waals surface area contributed by atoms with Crippen LogP contribution in [-0.2, 0) is 14.3 Å². The van der Waals surface area contributed by atoms with E-state index in [2.05, 4.69) is 5.32 Å². The molecule has 1 aliphatic carbocycles. The van der Waals surface area contributed by atoms with Crippen LogP contribution in [0, 0.1) is 0 Å². The second-order valence-corrected chi connectivity index (χ2v) is 6.79. The fraction of sp³-hybridized carbons (Fsp3) is 0.333. The summed E-state index contributed by atoms with van der Waals surface area (Å²) in [4.78, 5) is 24.6. The van der Waals surface area contributed by atoms with Crippen LogP contribution in [-0.4, -0.2) is 24.0 Å². The molecule has 4 heteroatoms. The molecule has 0 bridgehead atoms. The Bertz CT molecular complexity index is 844. The molecule has 2 aliphatic rings. The van der Waals surface area contributed by atoms with Gasteiger partial charge in [-0.2, -0.15) is 0 Å². The van der Waals surface area contributed by atoms with E-state index in [1.807, 2.05) is 42.5 Å². The van der Waals surface area contributed by atoms with E-state index >= 15 is 0 Å². The van der Waals surface area contributed by atoms with Gasteiger partial charge < -0.3 is 10.1 Å². The Morgan fingerprint density at radius 3 is 2.60 bits per heavy atom. The third-order valence-corrected chi connectivity index (χ3v) is 5.08. The van der Waals surface area contributed by atoms with Crippen LogP contribution in [0.1, 0.15) is 37.7 Å². The molecule has 25 heavy (non-hydrogen) atoms. The van der Waals surface area contributed by atoms with Crippen molar-refractivity contribution >= 4 is 28.2 Å². The number of carbonyl (C=O) groups is 2. The predicted molar refractivity (Wildman–Crippen MR) is 96.8 cm³/mol. The van der Waals surface area contributed by atoms with E-state index in [9.17, 15) is 9.59 Å². The Balaban J connectivity index is 1.63. The van der Waals surface area contributed by atoms with Gasteiger partial charge in [0.1, 0.15) is 0 Å². The van der Waals surface area contributed by atoms with E-state index < -0.39 is 12.1 Å². The highest BCUT2D eigenvalue weighted by molar-refractivity contribution is 6.10. The lowest BCUT2D eigenvalue weighted by molar-refractivity contribution is -0.146. The van der Waals surface area contributed by atoms with E-state index in [0.717, 1.165) is 42.0 Å². The lowest BCUT2D eigenvalue weighted by Gasteiger charge is -2.25. The Labute approximate surface area is 146 Å². The van der Waals surface area contributed by atoms with E-state index in [0.29, 0.717) is 5.57 Å². The Hall–Kier alpha value is -2.62. The van der Waals surface area contributed by atoms with Gasteiger partial charge >= 0.3 is 5.97 Å². The van der Waals surface area contributed by atoms with Crippen molar-refractivity contribution in [1.29, 1.82) is 0 Å². The molecule has 1 amide bonds. The van der Waals surface area contributed by atoms with Gasteiger partial charge in [-0.1, -0.05) is 61.7 Å². The molecule has 0 saturated heterocycles. The molecule has 0 aromatic heterocycles. The van der Waals surface area contributed by atoms with Crippen molar-refractivity contribution in [1.82, 2.24) is 5.32 Å². The molecular formula is C21H21NO3. The van der Waals surface area contributed by atoms with Gasteiger partial charge in [-0.25, -0.2) is 4.79 Å². The van der Waals surface area contributed by atoms with Gasteiger partial charge in [0, 0.05) is 17.7 Å². The topological polar surface area (TPSA) is 55.4 Å². The molecule has 2 aromatic carbocycles. The van der Waals surface area contributed by atoms with E-state index in [1.54, 1.807) is 0 Å². The number of nitrogens with one attached hydrogen (secondary N) is 1. The minimum absolute atomic E-state index is 0.189. The molecule has 4 rings (SSSR count). The first-order valence-corrected chi connectivity index (χ1v) is 8.93. The van der Waals surface area contributed by atoms with Gasteiger partial charge in [0.05, 0.1) is 0 Å². The zero-order chi connectivity index (χ0) is 17.2. The largest absolute Gasteiger partial charge is 0.444 e. The SMILES string of the molecule is O=C1C=C(c2cccc3ccccc23)C(C(=O)NC2CCCCC2)O1. The number of rotatable bonds is 3. The summed E-state index contributed by atoms with van der Waals surface area (Å²) in [6.07, 6.45) is 6.10. The first kappa shape index (κ1) is 15.9. The van der Waals surface area contributed by atoms with Crippen molar-refractivity contribution in [3.05, 3.63) is 54.1 Å². The normalized spacial score (nSPS) is 21.0. The van der Waals surface area contributed by atoms with Crippen molar-refractivity contribution in [2.45, 2.75) is 44.2 Å². The number of carbonyl (C=O) groups excluding carboxylic acids is 2. The van der Waals surface area contributed by atoms with Gasteiger partial charge in [0.2, 0.25) is 6.10 Å². The molecule has 1 unspecified atom stereocenters.